The Morgan fingerprint density at radius 2 is 2.10 bits per heavy atom. The quantitative estimate of drug-likeness (QED) is 0.440. The van der Waals surface area contributed by atoms with Crippen LogP contribution in [0.25, 0.3) is 15.9 Å². The molecule has 0 saturated heterocycles. The Balaban J connectivity index is 1.83. The van der Waals surface area contributed by atoms with E-state index in [2.05, 4.69) is 5.32 Å². The number of carbonyl (C=O) groups is 1. The minimum Gasteiger partial charge on any atom is -0.497 e. The number of nitrogens with one attached hydrogen (secondary N) is 1. The van der Waals surface area contributed by atoms with E-state index < -0.39 is 0 Å². The highest BCUT2D eigenvalue weighted by Gasteiger charge is 2.23. The number of thiophene rings is 1. The molecule has 0 bridgehead atoms. The molecule has 1 aromatic carbocycles. The fraction of sp³-hybridized carbons (Fsp3) is 0.381. The number of rotatable bonds is 6. The van der Waals surface area contributed by atoms with E-state index in [1.807, 2.05) is 38.1 Å². The second kappa shape index (κ2) is 9.03. The zero-order chi connectivity index (χ0) is 21.3. The molecule has 0 atom stereocenters. The molecule has 0 fully saturated rings. The van der Waals surface area contributed by atoms with Crippen molar-refractivity contribution in [1.82, 2.24) is 14.9 Å². The molecule has 4 rings (SSSR count). The fourth-order valence-electron chi connectivity index (χ4n) is 3.37. The van der Waals surface area contributed by atoms with Gasteiger partial charge >= 0.3 is 0 Å². The number of benzene rings is 1. The maximum Gasteiger partial charge on any atom is 0.267 e. The number of carbonyl (C=O) groups excluding carboxylic acids is 1. The number of thioether (sulfide) groups is 2. The van der Waals surface area contributed by atoms with Gasteiger partial charge in [-0.1, -0.05) is 11.8 Å². The van der Waals surface area contributed by atoms with Gasteiger partial charge in [-0.2, -0.15) is 0 Å². The van der Waals surface area contributed by atoms with Crippen LogP contribution in [0.15, 0.2) is 38.4 Å². The molecule has 158 valence electrons. The van der Waals surface area contributed by atoms with Crippen molar-refractivity contribution in [3.8, 4) is 11.4 Å². The van der Waals surface area contributed by atoms with Gasteiger partial charge in [0.25, 0.3) is 5.56 Å². The van der Waals surface area contributed by atoms with Crippen LogP contribution < -0.4 is 15.6 Å². The van der Waals surface area contributed by atoms with E-state index in [0.29, 0.717) is 16.2 Å². The lowest BCUT2D eigenvalue weighted by molar-refractivity contribution is -0.119. The number of aryl methyl sites for hydroxylation is 1. The Labute approximate surface area is 187 Å². The number of methoxy groups -OCH3 is 1. The lowest BCUT2D eigenvalue weighted by Gasteiger charge is -2.14. The Morgan fingerprint density at radius 1 is 1.33 bits per heavy atom. The molecule has 0 saturated carbocycles. The van der Waals surface area contributed by atoms with Crippen LogP contribution in [0.4, 0.5) is 0 Å². The van der Waals surface area contributed by atoms with Crippen molar-refractivity contribution in [1.29, 1.82) is 0 Å². The maximum atomic E-state index is 13.6. The van der Waals surface area contributed by atoms with Crippen LogP contribution in [0, 0.1) is 0 Å². The van der Waals surface area contributed by atoms with Crippen LogP contribution in [0.5, 0.6) is 5.75 Å². The van der Waals surface area contributed by atoms with Gasteiger partial charge < -0.3 is 10.1 Å². The lowest BCUT2D eigenvalue weighted by atomic mass is 10.1. The lowest BCUT2D eigenvalue weighted by Crippen LogP contribution is -2.32. The number of amides is 1. The topological polar surface area (TPSA) is 73.2 Å². The second-order valence-electron chi connectivity index (χ2n) is 7.24. The minimum absolute atomic E-state index is 0.0679. The van der Waals surface area contributed by atoms with Crippen LogP contribution in [0.1, 0.15) is 25.8 Å². The van der Waals surface area contributed by atoms with Crippen molar-refractivity contribution < 1.29 is 9.53 Å². The summed E-state index contributed by atoms with van der Waals surface area (Å²) in [5, 5.41) is 4.13. The monoisotopic (exact) mass is 461 g/mol. The third-order valence-corrected chi connectivity index (χ3v) is 8.14. The summed E-state index contributed by atoms with van der Waals surface area (Å²) >= 11 is 4.68. The van der Waals surface area contributed by atoms with Gasteiger partial charge in [-0.05, 0) is 62.3 Å². The van der Waals surface area contributed by atoms with Crippen LogP contribution in [-0.2, 0) is 11.2 Å². The molecule has 3 heterocycles. The van der Waals surface area contributed by atoms with Crippen molar-refractivity contribution in [2.45, 2.75) is 42.1 Å². The molecule has 1 aliphatic rings. The molecule has 9 heteroatoms. The second-order valence-corrected chi connectivity index (χ2v) is 10.5. The van der Waals surface area contributed by atoms with Crippen molar-refractivity contribution in [2.75, 3.05) is 18.6 Å². The molecular formula is C21H23N3O3S3. The number of nitrogens with zero attached hydrogens (tertiary/aromatic N) is 2. The Bertz CT molecular complexity index is 1140. The number of aromatic nitrogens is 2. The molecule has 1 amide bonds. The smallest absolute Gasteiger partial charge is 0.267 e. The predicted octanol–water partition coefficient (Wildman–Crippen LogP) is 4.11. The zero-order valence-corrected chi connectivity index (χ0v) is 19.5. The van der Waals surface area contributed by atoms with E-state index in [9.17, 15) is 9.59 Å². The molecule has 6 nitrogen and oxygen atoms in total. The first kappa shape index (κ1) is 21.3. The van der Waals surface area contributed by atoms with Crippen molar-refractivity contribution in [3.05, 3.63) is 40.2 Å². The van der Waals surface area contributed by atoms with Gasteiger partial charge in [-0.3, -0.25) is 14.2 Å². The normalized spacial score (nSPS) is 13.5. The van der Waals surface area contributed by atoms with Gasteiger partial charge in [0.1, 0.15) is 10.6 Å². The summed E-state index contributed by atoms with van der Waals surface area (Å²) in [6, 6.07) is 7.41. The SMILES string of the molecule is COc1ccc(-n2c(SCC(=O)NC(C)C)nc3sc4c(c3c2=O)CCCS4)cc1. The summed E-state index contributed by atoms with van der Waals surface area (Å²) in [6.45, 7) is 3.85. The molecule has 1 aliphatic heterocycles. The van der Waals surface area contributed by atoms with E-state index in [4.69, 9.17) is 9.72 Å². The summed E-state index contributed by atoms with van der Waals surface area (Å²) < 4.78 is 8.07. The minimum atomic E-state index is -0.0772. The molecule has 3 aromatic rings. The molecule has 0 unspecified atom stereocenters. The average Bonchev–Trinajstić information content (AvgIpc) is 3.10. The first-order chi connectivity index (χ1) is 14.5. The fourth-order valence-corrected chi connectivity index (χ4v) is 6.77. The van der Waals surface area contributed by atoms with E-state index in [1.165, 1.54) is 16.0 Å². The van der Waals surface area contributed by atoms with Crippen molar-refractivity contribution >= 4 is 51.0 Å². The molecule has 0 aliphatic carbocycles. The summed E-state index contributed by atoms with van der Waals surface area (Å²) in [5.74, 6) is 1.91. The summed E-state index contributed by atoms with van der Waals surface area (Å²) in [6.07, 6.45) is 1.97. The van der Waals surface area contributed by atoms with Gasteiger partial charge in [0, 0.05) is 6.04 Å². The van der Waals surface area contributed by atoms with E-state index >= 15 is 0 Å². The summed E-state index contributed by atoms with van der Waals surface area (Å²) in [4.78, 5) is 31.4. The Hall–Kier alpha value is -1.97. The number of hydrogen-bond acceptors (Lipinski definition) is 7. The third kappa shape index (κ3) is 4.24. The predicted molar refractivity (Wildman–Crippen MR) is 125 cm³/mol. The van der Waals surface area contributed by atoms with Gasteiger partial charge in [0.05, 0.1) is 28.1 Å². The molecule has 2 aromatic heterocycles. The largest absolute Gasteiger partial charge is 0.497 e. The van der Waals surface area contributed by atoms with E-state index in [-0.39, 0.29) is 23.3 Å². The van der Waals surface area contributed by atoms with E-state index in [0.717, 1.165) is 34.7 Å². The van der Waals surface area contributed by atoms with Crippen LogP contribution in [-0.4, -0.2) is 40.1 Å². The molecule has 30 heavy (non-hydrogen) atoms. The number of hydrogen-bond donors (Lipinski definition) is 1. The van der Waals surface area contributed by atoms with Gasteiger partial charge in [-0.15, -0.1) is 23.1 Å². The van der Waals surface area contributed by atoms with Gasteiger partial charge in [0.15, 0.2) is 5.16 Å². The number of fused-ring (bicyclic) bond motifs is 3. The van der Waals surface area contributed by atoms with Crippen molar-refractivity contribution in [2.24, 2.45) is 0 Å². The van der Waals surface area contributed by atoms with Crippen molar-refractivity contribution in [3.63, 3.8) is 0 Å². The number of ether oxygens (including phenoxy) is 1. The van der Waals surface area contributed by atoms with E-state index in [1.54, 1.807) is 34.8 Å². The first-order valence-electron chi connectivity index (χ1n) is 9.75. The van der Waals surface area contributed by atoms with Gasteiger partial charge in [0.2, 0.25) is 5.91 Å². The highest BCUT2D eigenvalue weighted by atomic mass is 32.2. The average molecular weight is 462 g/mol. The molecule has 0 spiro atoms. The summed E-state index contributed by atoms with van der Waals surface area (Å²) in [7, 11) is 1.61. The molecule has 0 radical (unpaired) electrons. The van der Waals surface area contributed by atoms with Gasteiger partial charge in [-0.25, -0.2) is 4.98 Å². The Morgan fingerprint density at radius 3 is 2.80 bits per heavy atom. The van der Waals surface area contributed by atoms with Crippen LogP contribution in [0.3, 0.4) is 0 Å². The Kier molecular flexibility index (Phi) is 6.40. The van der Waals surface area contributed by atoms with Crippen LogP contribution >= 0.6 is 34.9 Å². The highest BCUT2D eigenvalue weighted by Crippen LogP contribution is 2.41. The standard InChI is InChI=1S/C21H23N3O3S3/c1-12(2)22-16(25)11-29-21-23-18-17(15-5-4-10-28-20(15)30-18)19(26)24(21)13-6-8-14(27-3)9-7-13/h6-9,12H,4-5,10-11H2,1-3H3,(H,22,25). The third-order valence-electron chi connectivity index (χ3n) is 4.67. The van der Waals surface area contributed by atoms with Crippen LogP contribution in [0.2, 0.25) is 0 Å². The highest BCUT2D eigenvalue weighted by molar-refractivity contribution is 8.01. The zero-order valence-electron chi connectivity index (χ0n) is 17.1. The first-order valence-corrected chi connectivity index (χ1v) is 12.5. The summed E-state index contributed by atoms with van der Waals surface area (Å²) in [5.41, 5.74) is 1.77. The maximum absolute atomic E-state index is 13.6. The molecule has 1 N–H and O–H groups in total. The molecular weight excluding hydrogens is 438 g/mol.